The average molecular weight is 381 g/mol. The number of hydrogen-bond donors (Lipinski definition) is 3. The predicted octanol–water partition coefficient (Wildman–Crippen LogP) is 3.20. The van der Waals surface area contributed by atoms with E-state index in [0.717, 1.165) is 11.3 Å². The number of hydrazine groups is 1. The van der Waals surface area contributed by atoms with Gasteiger partial charge in [-0.15, -0.1) is 0 Å². The fourth-order valence-corrected chi connectivity index (χ4v) is 2.37. The minimum Gasteiger partial charge on any atom is -0.378 e. The lowest BCUT2D eigenvalue weighted by Gasteiger charge is -2.13. The number of carbonyl (C=O) groups excluding carboxylic acids is 2. The van der Waals surface area contributed by atoms with Crippen molar-refractivity contribution in [3.8, 4) is 0 Å². The molecule has 0 fully saturated rings. The molecule has 0 bridgehead atoms. The van der Waals surface area contributed by atoms with Crippen LogP contribution < -0.4 is 21.1 Å². The molecule has 0 saturated heterocycles. The van der Waals surface area contributed by atoms with E-state index in [1.807, 2.05) is 43.3 Å². The van der Waals surface area contributed by atoms with Crippen molar-refractivity contribution < 1.29 is 9.59 Å². The molecule has 0 unspecified atom stereocenters. The van der Waals surface area contributed by atoms with Gasteiger partial charge in [0.05, 0.1) is 10.6 Å². The van der Waals surface area contributed by atoms with Crippen LogP contribution in [-0.4, -0.2) is 26.0 Å². The average Bonchev–Trinajstić information content (AvgIpc) is 2.60. The van der Waals surface area contributed by atoms with Crippen LogP contribution in [0.3, 0.4) is 0 Å². The number of benzene rings is 2. The molecule has 8 heteroatoms. The van der Waals surface area contributed by atoms with E-state index in [1.165, 1.54) is 12.1 Å². The van der Waals surface area contributed by atoms with Crippen LogP contribution >= 0.6 is 23.2 Å². The van der Waals surface area contributed by atoms with Crippen LogP contribution in [0.15, 0.2) is 42.5 Å². The van der Waals surface area contributed by atoms with Crippen molar-refractivity contribution >= 4 is 40.8 Å². The topological polar surface area (TPSA) is 73.5 Å². The standard InChI is InChI=1S/C17H18Cl2N4O2/c1-23(2)13-6-3-11(4-7-13)10-20-17(25)22-21-16(24)14-9-12(18)5-8-15(14)19/h3-9H,10H2,1-2H3,(H,21,24)(H2,20,22,25). The van der Waals surface area contributed by atoms with E-state index in [4.69, 9.17) is 23.2 Å². The Kier molecular flexibility index (Phi) is 6.50. The van der Waals surface area contributed by atoms with Gasteiger partial charge in [0, 0.05) is 31.4 Å². The molecule has 0 aromatic heterocycles. The molecule has 3 amide bonds. The van der Waals surface area contributed by atoms with E-state index in [0.29, 0.717) is 11.6 Å². The van der Waals surface area contributed by atoms with Crippen molar-refractivity contribution in [3.05, 3.63) is 63.6 Å². The Morgan fingerprint density at radius 2 is 1.68 bits per heavy atom. The minimum absolute atomic E-state index is 0.175. The summed E-state index contributed by atoms with van der Waals surface area (Å²) in [6, 6.07) is 11.7. The zero-order valence-corrected chi connectivity index (χ0v) is 15.3. The van der Waals surface area contributed by atoms with Crippen LogP contribution in [0.1, 0.15) is 15.9 Å². The summed E-state index contributed by atoms with van der Waals surface area (Å²) in [5, 5.41) is 3.26. The van der Waals surface area contributed by atoms with Crippen LogP contribution in [0.4, 0.5) is 10.5 Å². The van der Waals surface area contributed by atoms with E-state index in [1.54, 1.807) is 6.07 Å². The Labute approximate surface area is 156 Å². The van der Waals surface area contributed by atoms with Crippen LogP contribution in [0.2, 0.25) is 10.0 Å². The van der Waals surface area contributed by atoms with Gasteiger partial charge in [-0.2, -0.15) is 0 Å². The Balaban J connectivity index is 1.82. The van der Waals surface area contributed by atoms with Crippen LogP contribution in [0, 0.1) is 0 Å². The lowest BCUT2D eigenvalue weighted by Crippen LogP contribution is -2.46. The van der Waals surface area contributed by atoms with Crippen LogP contribution in [0.5, 0.6) is 0 Å². The second kappa shape index (κ2) is 8.60. The summed E-state index contributed by atoms with van der Waals surface area (Å²) >= 11 is 11.8. The van der Waals surface area contributed by atoms with Crippen LogP contribution in [0.25, 0.3) is 0 Å². The van der Waals surface area contributed by atoms with Crippen LogP contribution in [-0.2, 0) is 6.54 Å². The largest absolute Gasteiger partial charge is 0.378 e. The number of rotatable bonds is 4. The Hall–Kier alpha value is -2.44. The quantitative estimate of drug-likeness (QED) is 0.713. The molecular formula is C17H18Cl2N4O2. The summed E-state index contributed by atoms with van der Waals surface area (Å²) in [5.41, 5.74) is 6.72. The first-order chi connectivity index (χ1) is 11.9. The molecule has 0 aliphatic carbocycles. The van der Waals surface area contributed by atoms with Gasteiger partial charge in [-0.05, 0) is 35.9 Å². The normalized spacial score (nSPS) is 10.1. The molecule has 2 aromatic rings. The van der Waals surface area contributed by atoms with Crippen molar-refractivity contribution in [2.75, 3.05) is 19.0 Å². The third-order valence-corrected chi connectivity index (χ3v) is 3.93. The molecule has 0 heterocycles. The highest BCUT2D eigenvalue weighted by Crippen LogP contribution is 2.20. The zero-order chi connectivity index (χ0) is 18.4. The summed E-state index contributed by atoms with van der Waals surface area (Å²) in [6.07, 6.45) is 0. The number of hydrogen-bond acceptors (Lipinski definition) is 3. The molecule has 132 valence electrons. The Bertz CT molecular complexity index is 764. The van der Waals surface area contributed by atoms with Gasteiger partial charge in [0.25, 0.3) is 5.91 Å². The monoisotopic (exact) mass is 380 g/mol. The summed E-state index contributed by atoms with van der Waals surface area (Å²) in [6.45, 7) is 0.327. The van der Waals surface area contributed by atoms with Crippen molar-refractivity contribution in [2.24, 2.45) is 0 Å². The Morgan fingerprint density at radius 3 is 2.32 bits per heavy atom. The number of nitrogens with one attached hydrogen (secondary N) is 3. The van der Waals surface area contributed by atoms with Gasteiger partial charge in [0.15, 0.2) is 0 Å². The molecule has 0 aliphatic heterocycles. The molecule has 2 aromatic carbocycles. The maximum Gasteiger partial charge on any atom is 0.333 e. The molecule has 3 N–H and O–H groups in total. The molecule has 0 spiro atoms. The first kappa shape index (κ1) is 18.9. The van der Waals surface area contributed by atoms with E-state index in [9.17, 15) is 9.59 Å². The van der Waals surface area contributed by atoms with Crippen molar-refractivity contribution in [2.45, 2.75) is 6.54 Å². The first-order valence-electron chi connectivity index (χ1n) is 7.42. The number of nitrogens with zero attached hydrogens (tertiary/aromatic N) is 1. The molecule has 25 heavy (non-hydrogen) atoms. The summed E-state index contributed by atoms with van der Waals surface area (Å²) < 4.78 is 0. The van der Waals surface area contributed by atoms with Gasteiger partial charge in [-0.25, -0.2) is 10.2 Å². The fourth-order valence-electron chi connectivity index (χ4n) is 1.99. The van der Waals surface area contributed by atoms with Gasteiger partial charge in [0.2, 0.25) is 0 Å². The van der Waals surface area contributed by atoms with E-state index in [2.05, 4.69) is 16.2 Å². The number of halogens is 2. The SMILES string of the molecule is CN(C)c1ccc(CNC(=O)NNC(=O)c2cc(Cl)ccc2Cl)cc1. The highest BCUT2D eigenvalue weighted by Gasteiger charge is 2.11. The molecule has 0 atom stereocenters. The summed E-state index contributed by atoms with van der Waals surface area (Å²) in [7, 11) is 3.91. The van der Waals surface area contributed by atoms with Gasteiger partial charge < -0.3 is 10.2 Å². The van der Waals surface area contributed by atoms with Gasteiger partial charge in [-0.1, -0.05) is 35.3 Å². The lowest BCUT2D eigenvalue weighted by atomic mass is 10.2. The first-order valence-corrected chi connectivity index (χ1v) is 8.18. The molecule has 0 radical (unpaired) electrons. The van der Waals surface area contributed by atoms with Crippen molar-refractivity contribution in [1.29, 1.82) is 0 Å². The number of amides is 3. The maximum absolute atomic E-state index is 12.0. The second-order valence-electron chi connectivity index (χ2n) is 5.45. The number of anilines is 1. The molecule has 0 aliphatic rings. The van der Waals surface area contributed by atoms with Gasteiger partial charge in [-0.3, -0.25) is 10.2 Å². The summed E-state index contributed by atoms with van der Waals surface area (Å²) in [4.78, 5) is 25.8. The zero-order valence-electron chi connectivity index (χ0n) is 13.8. The lowest BCUT2D eigenvalue weighted by molar-refractivity contribution is 0.0936. The van der Waals surface area contributed by atoms with Gasteiger partial charge >= 0.3 is 6.03 Å². The summed E-state index contributed by atoms with van der Waals surface area (Å²) in [5.74, 6) is -0.557. The van der Waals surface area contributed by atoms with E-state index in [-0.39, 0.29) is 10.6 Å². The fraction of sp³-hybridized carbons (Fsp3) is 0.176. The Morgan fingerprint density at radius 1 is 1.00 bits per heavy atom. The van der Waals surface area contributed by atoms with E-state index < -0.39 is 11.9 Å². The van der Waals surface area contributed by atoms with Crippen molar-refractivity contribution in [1.82, 2.24) is 16.2 Å². The molecule has 0 saturated carbocycles. The maximum atomic E-state index is 12.0. The third kappa shape index (κ3) is 5.55. The minimum atomic E-state index is -0.557. The second-order valence-corrected chi connectivity index (χ2v) is 6.29. The highest BCUT2D eigenvalue weighted by molar-refractivity contribution is 6.35. The molecular weight excluding hydrogens is 363 g/mol. The van der Waals surface area contributed by atoms with Gasteiger partial charge in [0.1, 0.15) is 0 Å². The number of carbonyl (C=O) groups is 2. The molecule has 6 nitrogen and oxygen atoms in total. The van der Waals surface area contributed by atoms with Crippen molar-refractivity contribution in [3.63, 3.8) is 0 Å². The number of urea groups is 1. The predicted molar refractivity (Wildman–Crippen MR) is 100 cm³/mol. The molecule has 2 rings (SSSR count). The highest BCUT2D eigenvalue weighted by atomic mass is 35.5. The smallest absolute Gasteiger partial charge is 0.333 e. The van der Waals surface area contributed by atoms with E-state index >= 15 is 0 Å². The third-order valence-electron chi connectivity index (χ3n) is 3.37.